The quantitative estimate of drug-likeness (QED) is 0.819. The van der Waals surface area contributed by atoms with E-state index in [1.54, 1.807) is 0 Å². The van der Waals surface area contributed by atoms with Crippen LogP contribution in [0.2, 0.25) is 0 Å². The summed E-state index contributed by atoms with van der Waals surface area (Å²) in [6.45, 7) is 1.91. The number of allylic oxidation sites excluding steroid dienone is 1. The van der Waals surface area contributed by atoms with Crippen LogP contribution in [0, 0.1) is 0 Å². The van der Waals surface area contributed by atoms with E-state index in [2.05, 4.69) is 41.3 Å². The van der Waals surface area contributed by atoms with Gasteiger partial charge >= 0.3 is 0 Å². The van der Waals surface area contributed by atoms with E-state index < -0.39 is 5.60 Å². The van der Waals surface area contributed by atoms with E-state index in [-0.39, 0.29) is 0 Å². The minimum absolute atomic E-state index is 0.539. The van der Waals surface area contributed by atoms with Crippen LogP contribution in [0.15, 0.2) is 42.0 Å². The SMILES string of the molecule is OC1(/C2=C/CCCCCC2)CCN(c2ccccc2)CC1. The number of rotatable bonds is 2. The molecule has 2 nitrogen and oxygen atoms in total. The predicted molar refractivity (Wildman–Crippen MR) is 88.6 cm³/mol. The van der Waals surface area contributed by atoms with Gasteiger partial charge in [-0.05, 0) is 56.2 Å². The summed E-state index contributed by atoms with van der Waals surface area (Å²) in [6, 6.07) is 10.6. The van der Waals surface area contributed by atoms with Crippen LogP contribution in [0.3, 0.4) is 0 Å². The van der Waals surface area contributed by atoms with E-state index in [1.807, 2.05) is 0 Å². The molecule has 1 aliphatic carbocycles. The third-order valence-electron chi connectivity index (χ3n) is 5.10. The van der Waals surface area contributed by atoms with Gasteiger partial charge in [-0.25, -0.2) is 0 Å². The van der Waals surface area contributed by atoms with E-state index in [1.165, 1.54) is 36.9 Å². The van der Waals surface area contributed by atoms with Crippen LogP contribution < -0.4 is 4.90 Å². The van der Waals surface area contributed by atoms with Crippen LogP contribution >= 0.6 is 0 Å². The Bertz CT molecular complexity index is 472. The summed E-state index contributed by atoms with van der Waals surface area (Å²) in [7, 11) is 0. The van der Waals surface area contributed by atoms with Crippen molar-refractivity contribution in [3.05, 3.63) is 42.0 Å². The Morgan fingerprint density at radius 3 is 2.38 bits per heavy atom. The van der Waals surface area contributed by atoms with Crippen molar-refractivity contribution in [2.75, 3.05) is 18.0 Å². The van der Waals surface area contributed by atoms with E-state index in [4.69, 9.17) is 0 Å². The lowest BCUT2D eigenvalue weighted by molar-refractivity contribution is 0.0483. The maximum atomic E-state index is 11.1. The molecule has 1 fully saturated rings. The van der Waals surface area contributed by atoms with Gasteiger partial charge in [0.25, 0.3) is 0 Å². The maximum Gasteiger partial charge on any atom is 0.0890 e. The lowest BCUT2D eigenvalue weighted by atomic mass is 9.80. The topological polar surface area (TPSA) is 23.5 Å². The Balaban J connectivity index is 1.66. The molecule has 0 radical (unpaired) electrons. The first-order chi connectivity index (χ1) is 10.3. The fourth-order valence-corrected chi connectivity index (χ4v) is 3.71. The highest BCUT2D eigenvalue weighted by molar-refractivity contribution is 5.47. The largest absolute Gasteiger partial charge is 0.385 e. The fraction of sp³-hybridized carbons (Fsp3) is 0.579. The molecular weight excluding hydrogens is 258 g/mol. The highest BCUT2D eigenvalue weighted by Gasteiger charge is 2.35. The van der Waals surface area contributed by atoms with E-state index in [9.17, 15) is 5.11 Å². The molecule has 0 saturated carbocycles. The van der Waals surface area contributed by atoms with Crippen molar-refractivity contribution in [3.63, 3.8) is 0 Å². The average Bonchev–Trinajstić information content (AvgIpc) is 2.48. The molecule has 1 N–H and O–H groups in total. The molecule has 0 bridgehead atoms. The van der Waals surface area contributed by atoms with Crippen molar-refractivity contribution in [3.8, 4) is 0 Å². The van der Waals surface area contributed by atoms with E-state index in [0.29, 0.717) is 0 Å². The number of anilines is 1. The fourth-order valence-electron chi connectivity index (χ4n) is 3.71. The molecule has 1 saturated heterocycles. The van der Waals surface area contributed by atoms with Crippen LogP contribution in [0.4, 0.5) is 5.69 Å². The molecule has 0 aromatic heterocycles. The third kappa shape index (κ3) is 3.49. The van der Waals surface area contributed by atoms with Crippen molar-refractivity contribution >= 4 is 5.69 Å². The van der Waals surface area contributed by atoms with Crippen molar-refractivity contribution < 1.29 is 5.11 Å². The van der Waals surface area contributed by atoms with Crippen LogP contribution in [0.5, 0.6) is 0 Å². The Morgan fingerprint density at radius 1 is 0.905 bits per heavy atom. The number of hydrogen-bond donors (Lipinski definition) is 1. The molecule has 21 heavy (non-hydrogen) atoms. The molecule has 0 amide bonds. The lowest BCUT2D eigenvalue weighted by Crippen LogP contribution is -2.45. The second-order valence-corrected chi connectivity index (χ2v) is 6.54. The molecule has 1 aromatic carbocycles. The van der Waals surface area contributed by atoms with Gasteiger partial charge in [-0.15, -0.1) is 0 Å². The predicted octanol–water partition coefficient (Wildman–Crippen LogP) is 4.30. The van der Waals surface area contributed by atoms with Crippen LogP contribution in [0.25, 0.3) is 0 Å². The summed E-state index contributed by atoms with van der Waals surface area (Å²) in [4.78, 5) is 2.40. The first-order valence-corrected chi connectivity index (χ1v) is 8.50. The normalized spacial score (nSPS) is 25.6. The monoisotopic (exact) mass is 285 g/mol. The molecule has 2 heteroatoms. The summed E-state index contributed by atoms with van der Waals surface area (Å²) in [5, 5.41) is 11.1. The van der Waals surface area contributed by atoms with Gasteiger partial charge in [0, 0.05) is 18.8 Å². The van der Waals surface area contributed by atoms with Gasteiger partial charge in [-0.2, -0.15) is 0 Å². The number of aliphatic hydroxyl groups is 1. The summed E-state index contributed by atoms with van der Waals surface area (Å²) in [5.74, 6) is 0. The number of para-hydroxylation sites is 1. The minimum atomic E-state index is -0.539. The van der Waals surface area contributed by atoms with Crippen molar-refractivity contribution in [1.29, 1.82) is 0 Å². The van der Waals surface area contributed by atoms with Gasteiger partial charge in [0.05, 0.1) is 5.60 Å². The van der Waals surface area contributed by atoms with E-state index in [0.717, 1.165) is 38.8 Å². The van der Waals surface area contributed by atoms with Crippen LogP contribution in [-0.2, 0) is 0 Å². The lowest BCUT2D eigenvalue weighted by Gasteiger charge is -2.41. The Kier molecular flexibility index (Phi) is 4.64. The first-order valence-electron chi connectivity index (χ1n) is 8.50. The van der Waals surface area contributed by atoms with Gasteiger partial charge < -0.3 is 10.0 Å². The zero-order chi connectivity index (χ0) is 14.5. The molecule has 0 unspecified atom stereocenters. The van der Waals surface area contributed by atoms with Crippen LogP contribution in [-0.4, -0.2) is 23.8 Å². The van der Waals surface area contributed by atoms with Crippen molar-refractivity contribution in [2.24, 2.45) is 0 Å². The Hall–Kier alpha value is -1.28. The molecule has 0 spiro atoms. The van der Waals surface area contributed by atoms with Gasteiger partial charge in [0.15, 0.2) is 0 Å². The average molecular weight is 285 g/mol. The zero-order valence-corrected chi connectivity index (χ0v) is 12.9. The molecular formula is C19H27NO. The molecule has 1 heterocycles. The second-order valence-electron chi connectivity index (χ2n) is 6.54. The van der Waals surface area contributed by atoms with Gasteiger partial charge in [0.2, 0.25) is 0 Å². The summed E-state index contributed by atoms with van der Waals surface area (Å²) < 4.78 is 0. The van der Waals surface area contributed by atoms with Crippen LogP contribution in [0.1, 0.15) is 51.4 Å². The number of benzene rings is 1. The zero-order valence-electron chi connectivity index (χ0n) is 12.9. The third-order valence-corrected chi connectivity index (χ3v) is 5.10. The van der Waals surface area contributed by atoms with Gasteiger partial charge in [0.1, 0.15) is 0 Å². The summed E-state index contributed by atoms with van der Waals surface area (Å²) in [6.07, 6.45) is 11.5. The molecule has 3 rings (SSSR count). The molecule has 114 valence electrons. The standard InChI is InChI=1S/C19H27NO/c21-19(17-9-5-2-1-3-6-10-17)13-15-20(16-14-19)18-11-7-4-8-12-18/h4,7-9,11-12,21H,1-3,5-6,10,13-16H2/b17-9+. The van der Waals surface area contributed by atoms with Gasteiger partial charge in [-0.3, -0.25) is 0 Å². The second kappa shape index (κ2) is 6.65. The summed E-state index contributed by atoms with van der Waals surface area (Å²) in [5.41, 5.74) is 2.07. The smallest absolute Gasteiger partial charge is 0.0890 e. The molecule has 1 aliphatic heterocycles. The maximum absolute atomic E-state index is 11.1. The van der Waals surface area contributed by atoms with Crippen molar-refractivity contribution in [1.82, 2.24) is 0 Å². The Labute approximate surface area is 128 Å². The first kappa shape index (κ1) is 14.6. The van der Waals surface area contributed by atoms with E-state index >= 15 is 0 Å². The van der Waals surface area contributed by atoms with Gasteiger partial charge in [-0.1, -0.05) is 37.1 Å². The minimum Gasteiger partial charge on any atom is -0.385 e. The highest BCUT2D eigenvalue weighted by Crippen LogP contribution is 2.35. The summed E-state index contributed by atoms with van der Waals surface area (Å²) >= 11 is 0. The molecule has 1 aromatic rings. The number of hydrogen-bond acceptors (Lipinski definition) is 2. The number of piperidine rings is 1. The highest BCUT2D eigenvalue weighted by atomic mass is 16.3. The molecule has 2 aliphatic rings. The van der Waals surface area contributed by atoms with Crippen molar-refractivity contribution in [2.45, 2.75) is 57.0 Å². The molecule has 0 atom stereocenters. The number of nitrogens with zero attached hydrogens (tertiary/aromatic N) is 1. The Morgan fingerprint density at radius 2 is 1.62 bits per heavy atom.